The topological polar surface area (TPSA) is 68.4 Å². The monoisotopic (exact) mass is 345 g/mol. The number of Topliss-reactive ketones (excluding diaryl/α,β-unsaturated/α-hetero) is 1. The van der Waals surface area contributed by atoms with E-state index in [-0.39, 0.29) is 11.3 Å². The van der Waals surface area contributed by atoms with Crippen LogP contribution in [0, 0.1) is 5.41 Å². The van der Waals surface area contributed by atoms with E-state index < -0.39 is 5.41 Å². The number of carbonyl (C=O) groups is 1. The van der Waals surface area contributed by atoms with E-state index >= 15 is 0 Å². The van der Waals surface area contributed by atoms with Crippen LogP contribution in [0.2, 0.25) is 0 Å². The van der Waals surface area contributed by atoms with Gasteiger partial charge in [-0.05, 0) is 23.8 Å². The lowest BCUT2D eigenvalue weighted by molar-refractivity contribution is -0.119. The zero-order valence-corrected chi connectivity index (χ0v) is 14.7. The Hall–Kier alpha value is -2.34. The van der Waals surface area contributed by atoms with Crippen molar-refractivity contribution in [1.82, 2.24) is 4.98 Å². The van der Waals surface area contributed by atoms with Gasteiger partial charge in [0.1, 0.15) is 13.2 Å². The first kappa shape index (κ1) is 16.5. The molecule has 24 heavy (non-hydrogen) atoms. The van der Waals surface area contributed by atoms with Gasteiger partial charge in [-0.25, -0.2) is 0 Å². The number of hydrogen-bond acceptors (Lipinski definition) is 5. The van der Waals surface area contributed by atoms with E-state index in [0.717, 1.165) is 5.56 Å². The van der Waals surface area contributed by atoms with Crippen molar-refractivity contribution in [2.45, 2.75) is 20.8 Å². The van der Waals surface area contributed by atoms with Crippen molar-refractivity contribution in [3.05, 3.63) is 43.3 Å². The Labute approximate surface area is 143 Å². The molecule has 0 spiro atoms. The van der Waals surface area contributed by atoms with Crippen LogP contribution in [-0.2, 0) is 4.79 Å². The number of carbonyl (C=O) groups excluding carboxylic acids is 1. The second-order valence-electron chi connectivity index (χ2n) is 6.59. The van der Waals surface area contributed by atoms with E-state index in [9.17, 15) is 9.59 Å². The van der Waals surface area contributed by atoms with E-state index in [0.29, 0.717) is 33.9 Å². The lowest BCUT2D eigenvalue weighted by Crippen LogP contribution is -2.22. The smallest absolute Gasteiger partial charge is 0.266 e. The summed E-state index contributed by atoms with van der Waals surface area (Å²) < 4.78 is 12.1. The Morgan fingerprint density at radius 3 is 2.62 bits per heavy atom. The van der Waals surface area contributed by atoms with Gasteiger partial charge in [-0.1, -0.05) is 26.8 Å². The molecule has 0 atom stereocenters. The van der Waals surface area contributed by atoms with Gasteiger partial charge in [0, 0.05) is 11.5 Å². The van der Waals surface area contributed by atoms with Crippen LogP contribution in [-0.4, -0.2) is 24.0 Å². The fraction of sp³-hybridized carbons (Fsp3) is 0.333. The number of aromatic nitrogens is 1. The highest BCUT2D eigenvalue weighted by Crippen LogP contribution is 2.30. The SMILES string of the molecule is CC(C)(C)C(=O)/C=c1\[nH]c(=O)/c(=C\c2ccc3c(c2)OCCO3)s1. The minimum atomic E-state index is -0.472. The highest BCUT2D eigenvalue weighted by atomic mass is 32.1. The Bertz CT molecular complexity index is 947. The first-order valence-corrected chi connectivity index (χ1v) is 8.51. The molecule has 0 unspecified atom stereocenters. The van der Waals surface area contributed by atoms with Crippen LogP contribution >= 0.6 is 11.3 Å². The van der Waals surface area contributed by atoms with Crippen molar-refractivity contribution in [3.8, 4) is 11.5 Å². The van der Waals surface area contributed by atoms with Crippen molar-refractivity contribution < 1.29 is 14.3 Å². The van der Waals surface area contributed by atoms with Crippen LogP contribution in [0.3, 0.4) is 0 Å². The van der Waals surface area contributed by atoms with E-state index in [2.05, 4.69) is 4.98 Å². The molecule has 2 aromatic rings. The molecule has 1 aromatic heterocycles. The molecule has 0 fully saturated rings. The fourth-order valence-corrected chi connectivity index (χ4v) is 3.05. The van der Waals surface area contributed by atoms with E-state index in [1.807, 2.05) is 39.0 Å². The van der Waals surface area contributed by atoms with Crippen molar-refractivity contribution in [2.24, 2.45) is 5.41 Å². The number of ketones is 1. The minimum absolute atomic E-state index is 0.0223. The van der Waals surface area contributed by atoms with Gasteiger partial charge in [-0.3, -0.25) is 9.59 Å². The van der Waals surface area contributed by atoms with Gasteiger partial charge < -0.3 is 14.5 Å². The molecule has 1 aliphatic rings. The van der Waals surface area contributed by atoms with Crippen molar-refractivity contribution in [2.75, 3.05) is 13.2 Å². The number of hydrogen-bond donors (Lipinski definition) is 1. The predicted octanol–water partition coefficient (Wildman–Crippen LogP) is 1.43. The zero-order chi connectivity index (χ0) is 17.3. The summed E-state index contributed by atoms with van der Waals surface area (Å²) in [4.78, 5) is 26.9. The highest BCUT2D eigenvalue weighted by molar-refractivity contribution is 7.07. The third kappa shape index (κ3) is 3.59. The average molecular weight is 345 g/mol. The quantitative estimate of drug-likeness (QED) is 0.894. The van der Waals surface area contributed by atoms with Crippen LogP contribution in [0.15, 0.2) is 23.0 Å². The second kappa shape index (κ2) is 6.28. The van der Waals surface area contributed by atoms with Gasteiger partial charge in [0.15, 0.2) is 17.3 Å². The summed E-state index contributed by atoms with van der Waals surface area (Å²) in [5, 5.41) is 0. The number of nitrogens with one attached hydrogen (secondary N) is 1. The maximum Gasteiger partial charge on any atom is 0.266 e. The zero-order valence-electron chi connectivity index (χ0n) is 13.8. The van der Waals surface area contributed by atoms with Gasteiger partial charge >= 0.3 is 0 Å². The molecule has 1 aromatic carbocycles. The molecule has 0 saturated carbocycles. The van der Waals surface area contributed by atoms with Crippen molar-refractivity contribution >= 4 is 29.3 Å². The summed E-state index contributed by atoms with van der Waals surface area (Å²) in [5.41, 5.74) is 0.170. The third-order valence-electron chi connectivity index (χ3n) is 3.55. The van der Waals surface area contributed by atoms with Crippen LogP contribution in [0.1, 0.15) is 26.3 Å². The number of aromatic amines is 1. The van der Waals surface area contributed by atoms with Crippen LogP contribution < -0.4 is 24.2 Å². The fourth-order valence-electron chi connectivity index (χ4n) is 2.16. The molecule has 3 rings (SSSR count). The van der Waals surface area contributed by atoms with Gasteiger partial charge in [-0.2, -0.15) is 0 Å². The normalized spacial score (nSPS) is 15.6. The number of benzene rings is 1. The summed E-state index contributed by atoms with van der Waals surface area (Å²) >= 11 is 1.26. The average Bonchev–Trinajstić information content (AvgIpc) is 2.86. The molecular weight excluding hydrogens is 326 g/mol. The molecule has 0 aliphatic carbocycles. The highest BCUT2D eigenvalue weighted by Gasteiger charge is 2.18. The summed E-state index contributed by atoms with van der Waals surface area (Å²) in [7, 11) is 0. The number of fused-ring (bicyclic) bond motifs is 1. The molecule has 0 amide bonds. The van der Waals surface area contributed by atoms with Crippen molar-refractivity contribution in [1.29, 1.82) is 0 Å². The Balaban J connectivity index is 1.99. The molecule has 0 bridgehead atoms. The Morgan fingerprint density at radius 1 is 1.21 bits per heavy atom. The lowest BCUT2D eigenvalue weighted by Gasteiger charge is -2.18. The van der Waals surface area contributed by atoms with E-state index in [4.69, 9.17) is 9.47 Å². The number of H-pyrrole nitrogens is 1. The largest absolute Gasteiger partial charge is 0.486 e. The summed E-state index contributed by atoms with van der Waals surface area (Å²) in [6.07, 6.45) is 3.27. The van der Waals surface area contributed by atoms with Gasteiger partial charge in [0.05, 0.1) is 9.20 Å². The first-order chi connectivity index (χ1) is 11.3. The minimum Gasteiger partial charge on any atom is -0.486 e. The maximum absolute atomic E-state index is 12.1. The second-order valence-corrected chi connectivity index (χ2v) is 7.67. The van der Waals surface area contributed by atoms with E-state index in [1.165, 1.54) is 17.4 Å². The number of ether oxygens (including phenoxy) is 2. The Morgan fingerprint density at radius 2 is 1.92 bits per heavy atom. The van der Waals surface area contributed by atoms with Crippen LogP contribution in [0.5, 0.6) is 11.5 Å². The van der Waals surface area contributed by atoms with Crippen molar-refractivity contribution in [3.63, 3.8) is 0 Å². The molecule has 5 nitrogen and oxygen atoms in total. The van der Waals surface area contributed by atoms with Gasteiger partial charge in [0.25, 0.3) is 5.56 Å². The third-order valence-corrected chi connectivity index (χ3v) is 4.51. The molecule has 0 saturated heterocycles. The van der Waals surface area contributed by atoms with Gasteiger partial charge in [0.2, 0.25) is 0 Å². The molecule has 6 heteroatoms. The van der Waals surface area contributed by atoms with Crippen LogP contribution in [0.25, 0.3) is 12.2 Å². The summed E-state index contributed by atoms with van der Waals surface area (Å²) in [5.74, 6) is 1.37. The number of rotatable bonds is 2. The maximum atomic E-state index is 12.1. The molecular formula is C18H19NO4S. The first-order valence-electron chi connectivity index (χ1n) is 7.69. The molecule has 2 heterocycles. The lowest BCUT2D eigenvalue weighted by atomic mass is 9.91. The summed E-state index contributed by atoms with van der Waals surface area (Å²) in [6.45, 7) is 6.60. The molecule has 0 radical (unpaired) electrons. The van der Waals surface area contributed by atoms with E-state index in [1.54, 1.807) is 6.08 Å². The molecule has 1 aliphatic heterocycles. The summed E-state index contributed by atoms with van der Waals surface area (Å²) in [6, 6.07) is 5.55. The predicted molar refractivity (Wildman–Crippen MR) is 94.1 cm³/mol. The van der Waals surface area contributed by atoms with Crippen LogP contribution in [0.4, 0.5) is 0 Å². The Kier molecular flexibility index (Phi) is 4.32. The number of thiazole rings is 1. The standard InChI is InChI=1S/C18H19NO4S/c1-18(2,3)15(20)10-16-19-17(21)14(24-16)9-11-4-5-12-13(8-11)23-7-6-22-12/h4-5,8-10H,6-7H2,1-3H3,(H,19,21)/b14-9+,16-10+. The molecule has 1 N–H and O–H groups in total. The van der Waals surface area contributed by atoms with Gasteiger partial charge in [-0.15, -0.1) is 11.3 Å². The molecule has 126 valence electrons.